The van der Waals surface area contributed by atoms with Crippen molar-refractivity contribution in [3.05, 3.63) is 41.1 Å². The minimum Gasteiger partial charge on any atom is -0.466 e. The number of hydrogen-bond donors (Lipinski definition) is 3. The highest BCUT2D eigenvalue weighted by atomic mass is 127. The highest BCUT2D eigenvalue weighted by Gasteiger charge is 2.27. The Morgan fingerprint density at radius 2 is 2.08 bits per heavy atom. The van der Waals surface area contributed by atoms with Gasteiger partial charge in [0, 0.05) is 24.8 Å². The van der Waals surface area contributed by atoms with Gasteiger partial charge in [-0.25, -0.2) is 4.99 Å². The van der Waals surface area contributed by atoms with Crippen LogP contribution in [0.15, 0.2) is 27.9 Å². The summed E-state index contributed by atoms with van der Waals surface area (Å²) in [5.74, 6) is 2.19. The molecule has 0 fully saturated rings. The molecule has 26 heavy (non-hydrogen) atoms. The van der Waals surface area contributed by atoms with Gasteiger partial charge < -0.3 is 20.2 Å². The van der Waals surface area contributed by atoms with Gasteiger partial charge in [-0.1, -0.05) is 0 Å². The first kappa shape index (κ1) is 22.5. The number of aromatic nitrogens is 2. The van der Waals surface area contributed by atoms with E-state index >= 15 is 0 Å². The molecule has 0 saturated carbocycles. The molecular weight excluding hydrogens is 445 g/mol. The summed E-state index contributed by atoms with van der Waals surface area (Å²) in [6, 6.07) is 1.87. The molecule has 0 aliphatic rings. The fourth-order valence-electron chi connectivity index (χ4n) is 2.70. The minimum atomic E-state index is -1.08. The van der Waals surface area contributed by atoms with E-state index in [0.717, 1.165) is 35.7 Å². The molecule has 0 bridgehead atoms. The van der Waals surface area contributed by atoms with Crippen LogP contribution in [0.3, 0.4) is 0 Å². The van der Waals surface area contributed by atoms with Gasteiger partial charge in [0.15, 0.2) is 5.96 Å². The minimum absolute atomic E-state index is 0. The Balaban J connectivity index is 0.00000338. The van der Waals surface area contributed by atoms with E-state index in [1.807, 2.05) is 50.8 Å². The molecule has 0 aliphatic carbocycles. The van der Waals surface area contributed by atoms with Crippen LogP contribution in [0, 0.1) is 20.8 Å². The molecule has 0 aliphatic heterocycles. The molecule has 146 valence electrons. The quantitative estimate of drug-likeness (QED) is 0.326. The first-order valence-corrected chi connectivity index (χ1v) is 8.63. The van der Waals surface area contributed by atoms with Gasteiger partial charge in [-0.2, -0.15) is 5.10 Å². The fraction of sp³-hybridized carbons (Fsp3) is 0.556. The van der Waals surface area contributed by atoms with Crippen LogP contribution in [0.4, 0.5) is 0 Å². The van der Waals surface area contributed by atoms with E-state index in [-0.39, 0.29) is 30.5 Å². The Kier molecular flexibility index (Phi) is 8.61. The van der Waals surface area contributed by atoms with E-state index in [1.165, 1.54) is 0 Å². The number of nitrogens with zero attached hydrogens (tertiary/aromatic N) is 3. The van der Waals surface area contributed by atoms with Crippen molar-refractivity contribution in [2.24, 2.45) is 4.99 Å². The van der Waals surface area contributed by atoms with E-state index in [9.17, 15) is 5.11 Å². The van der Waals surface area contributed by atoms with E-state index in [1.54, 1.807) is 6.92 Å². The molecule has 2 rings (SSSR count). The third kappa shape index (κ3) is 6.31. The van der Waals surface area contributed by atoms with Crippen LogP contribution in [-0.2, 0) is 12.1 Å². The van der Waals surface area contributed by atoms with E-state index < -0.39 is 5.60 Å². The summed E-state index contributed by atoms with van der Waals surface area (Å²) in [6.45, 7) is 11.9. The zero-order valence-electron chi connectivity index (χ0n) is 16.2. The summed E-state index contributed by atoms with van der Waals surface area (Å²) < 4.78 is 7.41. The van der Waals surface area contributed by atoms with Gasteiger partial charge in [0.1, 0.15) is 17.1 Å². The second-order valence-corrected chi connectivity index (χ2v) is 6.50. The molecule has 2 aromatic heterocycles. The van der Waals surface area contributed by atoms with Crippen molar-refractivity contribution >= 4 is 29.9 Å². The number of halogens is 1. The van der Waals surface area contributed by atoms with Crippen LogP contribution in [0.1, 0.15) is 36.5 Å². The smallest absolute Gasteiger partial charge is 0.191 e. The van der Waals surface area contributed by atoms with Gasteiger partial charge in [-0.15, -0.1) is 24.0 Å². The maximum atomic E-state index is 10.8. The van der Waals surface area contributed by atoms with Gasteiger partial charge in [0.25, 0.3) is 0 Å². The topological polar surface area (TPSA) is 87.6 Å². The highest BCUT2D eigenvalue weighted by molar-refractivity contribution is 14.0. The van der Waals surface area contributed by atoms with Crippen LogP contribution < -0.4 is 10.6 Å². The van der Waals surface area contributed by atoms with Crippen molar-refractivity contribution < 1.29 is 9.52 Å². The summed E-state index contributed by atoms with van der Waals surface area (Å²) >= 11 is 0. The summed E-state index contributed by atoms with van der Waals surface area (Å²) in [7, 11) is 0. The van der Waals surface area contributed by atoms with Crippen LogP contribution in [0.2, 0.25) is 0 Å². The van der Waals surface area contributed by atoms with Crippen molar-refractivity contribution in [2.45, 2.75) is 46.8 Å². The number of nitrogens with one attached hydrogen (secondary N) is 2. The second kappa shape index (κ2) is 9.96. The van der Waals surface area contributed by atoms with E-state index in [0.29, 0.717) is 12.5 Å². The second-order valence-electron chi connectivity index (χ2n) is 6.50. The SMILES string of the molecule is CCNC(=NCC(C)(O)c1cc(C)oc1C)NCCn1cc(C)cn1.I. The van der Waals surface area contributed by atoms with Crippen LogP contribution >= 0.6 is 24.0 Å². The molecule has 0 amide bonds. The van der Waals surface area contributed by atoms with Crippen LogP contribution in [0.5, 0.6) is 0 Å². The molecule has 1 unspecified atom stereocenters. The molecular formula is C18H30IN5O2. The van der Waals surface area contributed by atoms with Crippen molar-refractivity contribution in [2.75, 3.05) is 19.6 Å². The molecule has 0 spiro atoms. The molecule has 0 radical (unpaired) electrons. The van der Waals surface area contributed by atoms with Crippen LogP contribution in [0.25, 0.3) is 0 Å². The molecule has 1 atom stereocenters. The zero-order chi connectivity index (χ0) is 18.4. The molecule has 2 aromatic rings. The van der Waals surface area contributed by atoms with Gasteiger partial charge >= 0.3 is 0 Å². The highest BCUT2D eigenvalue weighted by Crippen LogP contribution is 2.27. The van der Waals surface area contributed by atoms with Gasteiger partial charge in [0.05, 0.1) is 19.3 Å². The average molecular weight is 475 g/mol. The number of aliphatic imine (C=N–C) groups is 1. The number of rotatable bonds is 7. The van der Waals surface area contributed by atoms with Crippen LogP contribution in [-0.4, -0.2) is 40.5 Å². The number of furan rings is 1. The van der Waals surface area contributed by atoms with Gasteiger partial charge in [0.2, 0.25) is 0 Å². The lowest BCUT2D eigenvalue weighted by Gasteiger charge is -2.21. The largest absolute Gasteiger partial charge is 0.466 e. The lowest BCUT2D eigenvalue weighted by Crippen LogP contribution is -2.40. The monoisotopic (exact) mass is 475 g/mol. The summed E-state index contributed by atoms with van der Waals surface area (Å²) in [5.41, 5.74) is 0.836. The Morgan fingerprint density at radius 3 is 2.62 bits per heavy atom. The fourth-order valence-corrected chi connectivity index (χ4v) is 2.70. The maximum Gasteiger partial charge on any atom is 0.191 e. The Hall–Kier alpha value is -1.55. The summed E-state index contributed by atoms with van der Waals surface area (Å²) in [5, 5.41) is 21.5. The van der Waals surface area contributed by atoms with Crippen molar-refractivity contribution in [3.8, 4) is 0 Å². The normalized spacial score (nSPS) is 13.8. The predicted molar refractivity (Wildman–Crippen MR) is 114 cm³/mol. The number of aryl methyl sites for hydroxylation is 3. The van der Waals surface area contributed by atoms with E-state index in [2.05, 4.69) is 20.7 Å². The Morgan fingerprint density at radius 1 is 1.35 bits per heavy atom. The van der Waals surface area contributed by atoms with Crippen molar-refractivity contribution in [1.82, 2.24) is 20.4 Å². The molecule has 0 aromatic carbocycles. The molecule has 2 heterocycles. The summed E-state index contributed by atoms with van der Waals surface area (Å²) in [6.07, 6.45) is 3.84. The molecule has 7 nitrogen and oxygen atoms in total. The molecule has 3 N–H and O–H groups in total. The maximum absolute atomic E-state index is 10.8. The standard InChI is InChI=1S/C18H29N5O2.HI/c1-6-19-17(20-7-8-23-11-13(2)10-22-23)21-12-18(5,24)16-9-14(3)25-15(16)4;/h9-11,24H,6-8,12H2,1-5H3,(H2,19,20,21);1H. The van der Waals surface area contributed by atoms with Crippen molar-refractivity contribution in [1.29, 1.82) is 0 Å². The first-order valence-electron chi connectivity index (χ1n) is 8.63. The first-order chi connectivity index (χ1) is 11.8. The number of hydrogen-bond acceptors (Lipinski definition) is 4. The van der Waals surface area contributed by atoms with Crippen molar-refractivity contribution in [3.63, 3.8) is 0 Å². The Labute approximate surface area is 172 Å². The summed E-state index contributed by atoms with van der Waals surface area (Å²) in [4.78, 5) is 4.52. The number of guanidine groups is 1. The predicted octanol–water partition coefficient (Wildman–Crippen LogP) is 2.48. The lowest BCUT2D eigenvalue weighted by molar-refractivity contribution is 0.0657. The molecule has 0 saturated heterocycles. The van der Waals surface area contributed by atoms with Gasteiger partial charge in [-0.05, 0) is 46.2 Å². The third-order valence-corrected chi connectivity index (χ3v) is 3.91. The third-order valence-electron chi connectivity index (χ3n) is 3.91. The zero-order valence-corrected chi connectivity index (χ0v) is 18.5. The van der Waals surface area contributed by atoms with E-state index in [4.69, 9.17) is 4.42 Å². The molecule has 8 heteroatoms. The Bertz CT molecular complexity index is 721. The lowest BCUT2D eigenvalue weighted by atomic mass is 9.96. The average Bonchev–Trinajstić information content (AvgIpc) is 3.10. The number of aliphatic hydroxyl groups is 1. The van der Waals surface area contributed by atoms with Gasteiger partial charge in [-0.3, -0.25) is 4.68 Å².